The zero-order chi connectivity index (χ0) is 18.2. The molecule has 0 bridgehead atoms. The summed E-state index contributed by atoms with van der Waals surface area (Å²) in [5.74, 6) is -0.107. The van der Waals surface area contributed by atoms with E-state index in [1.165, 1.54) is 7.11 Å². The molecular weight excluding hydrogens is 318 g/mol. The number of amides is 2. The average Bonchev–Trinajstić information content (AvgIpc) is 2.64. The fraction of sp³-hybridized carbons (Fsp3) is 0.263. The third kappa shape index (κ3) is 5.06. The molecule has 0 saturated carbocycles. The summed E-state index contributed by atoms with van der Waals surface area (Å²) in [6.07, 6.45) is -0.537. The van der Waals surface area contributed by atoms with Crippen molar-refractivity contribution in [1.82, 2.24) is 4.90 Å². The van der Waals surface area contributed by atoms with Crippen molar-refractivity contribution in [1.29, 1.82) is 0 Å². The van der Waals surface area contributed by atoms with E-state index in [2.05, 4.69) is 15.4 Å². The van der Waals surface area contributed by atoms with Crippen molar-refractivity contribution in [3.63, 3.8) is 0 Å². The first-order valence-corrected chi connectivity index (χ1v) is 8.06. The Morgan fingerprint density at radius 2 is 1.56 bits per heavy atom. The van der Waals surface area contributed by atoms with Gasteiger partial charge in [0.25, 0.3) is 0 Å². The van der Waals surface area contributed by atoms with Crippen LogP contribution in [0.5, 0.6) is 0 Å². The molecule has 1 atom stereocenters. The molecular formula is C19H23N3O3. The van der Waals surface area contributed by atoms with Gasteiger partial charge in [-0.2, -0.15) is 0 Å². The molecule has 0 aliphatic heterocycles. The normalized spacial score (nSPS) is 11.7. The van der Waals surface area contributed by atoms with E-state index >= 15 is 0 Å². The van der Waals surface area contributed by atoms with Crippen LogP contribution in [-0.4, -0.2) is 37.6 Å². The van der Waals surface area contributed by atoms with Crippen molar-refractivity contribution >= 4 is 23.4 Å². The topological polar surface area (TPSA) is 70.7 Å². The summed E-state index contributed by atoms with van der Waals surface area (Å²) < 4.78 is 4.54. The zero-order valence-corrected chi connectivity index (χ0v) is 14.7. The van der Waals surface area contributed by atoms with Gasteiger partial charge in [-0.3, -0.25) is 15.0 Å². The van der Waals surface area contributed by atoms with E-state index in [4.69, 9.17) is 0 Å². The maximum atomic E-state index is 12.8. The highest BCUT2D eigenvalue weighted by Crippen LogP contribution is 2.22. The first kappa shape index (κ1) is 18.5. The molecule has 2 aromatic rings. The number of anilines is 2. The summed E-state index contributed by atoms with van der Waals surface area (Å²) in [5, 5.41) is 5.49. The summed E-state index contributed by atoms with van der Waals surface area (Å²) in [6, 6.07) is 16.2. The standard InChI is InChI=1S/C19H23N3O3/c1-4-22(2)17(14-8-6-5-7-9-14)18(23)20-15-10-12-16(13-11-15)21-19(24)25-3/h5-13,17H,4H2,1-3H3,(H,20,23)(H,21,24)/t17-/m1/s1. The highest BCUT2D eigenvalue weighted by Gasteiger charge is 2.24. The molecule has 0 unspecified atom stereocenters. The smallest absolute Gasteiger partial charge is 0.411 e. The minimum Gasteiger partial charge on any atom is -0.453 e. The molecule has 0 saturated heterocycles. The Bertz CT molecular complexity index is 702. The number of benzene rings is 2. The monoisotopic (exact) mass is 341 g/mol. The number of likely N-dealkylation sites (N-methyl/N-ethyl adjacent to an activating group) is 1. The quantitative estimate of drug-likeness (QED) is 0.844. The number of ether oxygens (including phenoxy) is 1. The Hall–Kier alpha value is -2.86. The Morgan fingerprint density at radius 1 is 1.00 bits per heavy atom. The van der Waals surface area contributed by atoms with Gasteiger partial charge < -0.3 is 10.1 Å². The number of hydrogen-bond donors (Lipinski definition) is 2. The molecule has 0 heterocycles. The van der Waals surface area contributed by atoms with Gasteiger partial charge in [0.1, 0.15) is 6.04 Å². The van der Waals surface area contributed by atoms with Gasteiger partial charge in [-0.1, -0.05) is 37.3 Å². The molecule has 25 heavy (non-hydrogen) atoms. The van der Waals surface area contributed by atoms with E-state index in [0.717, 1.165) is 12.1 Å². The minimum absolute atomic E-state index is 0.107. The first-order valence-electron chi connectivity index (χ1n) is 8.06. The Kier molecular flexibility index (Phi) is 6.54. The van der Waals surface area contributed by atoms with Gasteiger partial charge in [-0.05, 0) is 43.4 Å². The fourth-order valence-corrected chi connectivity index (χ4v) is 2.44. The van der Waals surface area contributed by atoms with Crippen LogP contribution in [0.4, 0.5) is 16.2 Å². The maximum absolute atomic E-state index is 12.8. The summed E-state index contributed by atoms with van der Waals surface area (Å²) in [4.78, 5) is 26.0. The average molecular weight is 341 g/mol. The van der Waals surface area contributed by atoms with Crippen molar-refractivity contribution in [3.8, 4) is 0 Å². The molecule has 2 N–H and O–H groups in total. The Balaban J connectivity index is 2.11. The van der Waals surface area contributed by atoms with Crippen molar-refractivity contribution in [2.24, 2.45) is 0 Å². The summed E-state index contributed by atoms with van der Waals surface area (Å²) in [7, 11) is 3.22. The largest absolute Gasteiger partial charge is 0.453 e. The predicted octanol–water partition coefficient (Wildman–Crippen LogP) is 3.50. The molecule has 0 spiro atoms. The molecule has 0 aliphatic rings. The van der Waals surface area contributed by atoms with Crippen LogP contribution in [0.3, 0.4) is 0 Å². The van der Waals surface area contributed by atoms with Crippen LogP contribution in [0.25, 0.3) is 0 Å². The second-order valence-corrected chi connectivity index (χ2v) is 5.57. The van der Waals surface area contributed by atoms with Crippen LogP contribution in [0.15, 0.2) is 54.6 Å². The van der Waals surface area contributed by atoms with Gasteiger partial charge in [0, 0.05) is 11.4 Å². The molecule has 132 valence electrons. The SMILES string of the molecule is CCN(C)[C@@H](C(=O)Nc1ccc(NC(=O)OC)cc1)c1ccccc1. The number of nitrogens with zero attached hydrogens (tertiary/aromatic N) is 1. The van der Waals surface area contributed by atoms with Crippen LogP contribution in [0.1, 0.15) is 18.5 Å². The molecule has 0 aliphatic carbocycles. The molecule has 0 fully saturated rings. The van der Waals surface area contributed by atoms with Gasteiger partial charge in [-0.15, -0.1) is 0 Å². The Morgan fingerprint density at radius 3 is 2.08 bits per heavy atom. The van der Waals surface area contributed by atoms with E-state index in [-0.39, 0.29) is 11.9 Å². The molecule has 2 aromatic carbocycles. The van der Waals surface area contributed by atoms with Crippen molar-refractivity contribution in [3.05, 3.63) is 60.2 Å². The molecule has 0 aromatic heterocycles. The number of methoxy groups -OCH3 is 1. The van der Waals surface area contributed by atoms with E-state index < -0.39 is 6.09 Å². The molecule has 2 amide bonds. The van der Waals surface area contributed by atoms with Crippen LogP contribution in [0, 0.1) is 0 Å². The second-order valence-electron chi connectivity index (χ2n) is 5.57. The highest BCUT2D eigenvalue weighted by molar-refractivity contribution is 5.96. The van der Waals surface area contributed by atoms with Crippen molar-refractivity contribution < 1.29 is 14.3 Å². The van der Waals surface area contributed by atoms with Gasteiger partial charge >= 0.3 is 6.09 Å². The van der Waals surface area contributed by atoms with Crippen molar-refractivity contribution in [2.45, 2.75) is 13.0 Å². The van der Waals surface area contributed by atoms with E-state index in [1.807, 2.05) is 49.2 Å². The van der Waals surface area contributed by atoms with Crippen LogP contribution in [-0.2, 0) is 9.53 Å². The zero-order valence-electron chi connectivity index (χ0n) is 14.7. The van der Waals surface area contributed by atoms with Gasteiger partial charge in [0.15, 0.2) is 0 Å². The second kappa shape index (κ2) is 8.84. The summed E-state index contributed by atoms with van der Waals surface area (Å²) in [6.45, 7) is 2.76. The highest BCUT2D eigenvalue weighted by atomic mass is 16.5. The van der Waals surface area contributed by atoms with Crippen LogP contribution in [0.2, 0.25) is 0 Å². The number of carbonyl (C=O) groups excluding carboxylic acids is 2. The maximum Gasteiger partial charge on any atom is 0.411 e. The number of rotatable bonds is 6. The lowest BCUT2D eigenvalue weighted by Gasteiger charge is -2.26. The summed E-state index contributed by atoms with van der Waals surface area (Å²) >= 11 is 0. The summed E-state index contributed by atoms with van der Waals surface area (Å²) in [5.41, 5.74) is 2.19. The van der Waals surface area contributed by atoms with Crippen LogP contribution >= 0.6 is 0 Å². The van der Waals surface area contributed by atoms with Crippen molar-refractivity contribution in [2.75, 3.05) is 31.3 Å². The van der Waals surface area contributed by atoms with E-state index in [9.17, 15) is 9.59 Å². The molecule has 2 rings (SSSR count). The molecule has 0 radical (unpaired) electrons. The third-order valence-electron chi connectivity index (χ3n) is 3.89. The lowest BCUT2D eigenvalue weighted by atomic mass is 10.0. The predicted molar refractivity (Wildman–Crippen MR) is 98.6 cm³/mol. The van der Waals surface area contributed by atoms with Gasteiger partial charge in [-0.25, -0.2) is 4.79 Å². The minimum atomic E-state index is -0.537. The fourth-order valence-electron chi connectivity index (χ4n) is 2.44. The lowest BCUT2D eigenvalue weighted by Crippen LogP contribution is -2.34. The third-order valence-corrected chi connectivity index (χ3v) is 3.89. The number of hydrogen-bond acceptors (Lipinski definition) is 4. The molecule has 6 nitrogen and oxygen atoms in total. The first-order chi connectivity index (χ1) is 12.0. The van der Waals surface area contributed by atoms with Gasteiger partial charge in [0.2, 0.25) is 5.91 Å². The Labute approximate surface area is 147 Å². The number of carbonyl (C=O) groups is 2. The number of nitrogens with one attached hydrogen (secondary N) is 2. The molecule has 6 heteroatoms. The van der Waals surface area contributed by atoms with Gasteiger partial charge in [0.05, 0.1) is 7.11 Å². The lowest BCUT2D eigenvalue weighted by molar-refractivity contribution is -0.121. The van der Waals surface area contributed by atoms with E-state index in [1.54, 1.807) is 24.3 Å². The van der Waals surface area contributed by atoms with E-state index in [0.29, 0.717) is 11.4 Å². The van der Waals surface area contributed by atoms with Crippen LogP contribution < -0.4 is 10.6 Å².